The Morgan fingerprint density at radius 2 is 1.78 bits per heavy atom. The molecule has 0 spiro atoms. The predicted octanol–water partition coefficient (Wildman–Crippen LogP) is 3.00. The second-order valence-corrected chi connectivity index (χ2v) is 6.31. The summed E-state index contributed by atoms with van der Waals surface area (Å²) in [5, 5.41) is 9.78. The molecule has 0 bridgehead atoms. The summed E-state index contributed by atoms with van der Waals surface area (Å²) in [7, 11) is 1.57. The van der Waals surface area contributed by atoms with Gasteiger partial charge < -0.3 is 10.6 Å². The maximum atomic E-state index is 12.8. The van der Waals surface area contributed by atoms with Gasteiger partial charge in [0.1, 0.15) is 0 Å². The minimum atomic E-state index is -0.256. The standard InChI is InChI=1S/C20H21N5O2/c1-13(2)18-16(12-23-25(18)17-6-4-5-11-22-17)20(27)24-15-9-7-14(8-10-15)19(26)21-3/h4-13H,1-3H3,(H,21,26)(H,24,27). The molecule has 0 atom stereocenters. The van der Waals surface area contributed by atoms with Gasteiger partial charge in [0.15, 0.2) is 5.82 Å². The number of carbonyl (C=O) groups excluding carboxylic acids is 2. The number of nitrogens with zero attached hydrogens (tertiary/aromatic N) is 3. The van der Waals surface area contributed by atoms with Crippen LogP contribution in [-0.2, 0) is 0 Å². The van der Waals surface area contributed by atoms with Crippen LogP contribution in [0.3, 0.4) is 0 Å². The zero-order valence-corrected chi connectivity index (χ0v) is 15.4. The molecule has 0 fully saturated rings. The second-order valence-electron chi connectivity index (χ2n) is 6.31. The third kappa shape index (κ3) is 3.87. The number of benzene rings is 1. The highest BCUT2D eigenvalue weighted by Gasteiger charge is 2.21. The van der Waals surface area contributed by atoms with Gasteiger partial charge in [-0.05, 0) is 42.3 Å². The topological polar surface area (TPSA) is 88.9 Å². The van der Waals surface area contributed by atoms with E-state index in [1.54, 1.807) is 48.4 Å². The number of aromatic nitrogens is 3. The van der Waals surface area contributed by atoms with Gasteiger partial charge in [-0.15, -0.1) is 0 Å². The van der Waals surface area contributed by atoms with E-state index in [4.69, 9.17) is 0 Å². The molecule has 2 amide bonds. The van der Waals surface area contributed by atoms with Crippen molar-refractivity contribution in [1.29, 1.82) is 0 Å². The number of rotatable bonds is 5. The van der Waals surface area contributed by atoms with Crippen LogP contribution in [-0.4, -0.2) is 33.6 Å². The van der Waals surface area contributed by atoms with Crippen LogP contribution < -0.4 is 10.6 Å². The van der Waals surface area contributed by atoms with Crippen LogP contribution in [0.2, 0.25) is 0 Å². The lowest BCUT2D eigenvalue weighted by Crippen LogP contribution is -2.18. The number of pyridine rings is 1. The molecule has 0 aliphatic heterocycles. The third-order valence-corrected chi connectivity index (χ3v) is 4.10. The van der Waals surface area contributed by atoms with Crippen molar-refractivity contribution < 1.29 is 9.59 Å². The van der Waals surface area contributed by atoms with Gasteiger partial charge in [-0.25, -0.2) is 9.67 Å². The molecule has 138 valence electrons. The third-order valence-electron chi connectivity index (χ3n) is 4.10. The Kier molecular flexibility index (Phi) is 5.30. The summed E-state index contributed by atoms with van der Waals surface area (Å²) in [5.41, 5.74) is 2.41. The Balaban J connectivity index is 1.87. The van der Waals surface area contributed by atoms with E-state index in [0.717, 1.165) is 5.69 Å². The van der Waals surface area contributed by atoms with Gasteiger partial charge in [0.2, 0.25) is 0 Å². The first-order chi connectivity index (χ1) is 13.0. The van der Waals surface area contributed by atoms with Crippen LogP contribution in [0.25, 0.3) is 5.82 Å². The van der Waals surface area contributed by atoms with Crippen molar-refractivity contribution in [3.8, 4) is 5.82 Å². The van der Waals surface area contributed by atoms with Gasteiger partial charge in [0.05, 0.1) is 17.5 Å². The number of hydrogen-bond donors (Lipinski definition) is 2. The Hall–Kier alpha value is -3.48. The summed E-state index contributed by atoms with van der Waals surface area (Å²) in [5.74, 6) is 0.307. The maximum Gasteiger partial charge on any atom is 0.259 e. The SMILES string of the molecule is CNC(=O)c1ccc(NC(=O)c2cnn(-c3ccccn3)c2C(C)C)cc1. The molecule has 2 aromatic heterocycles. The highest BCUT2D eigenvalue weighted by molar-refractivity contribution is 6.05. The first-order valence-electron chi connectivity index (χ1n) is 8.64. The van der Waals surface area contributed by atoms with Crippen LogP contribution in [0.1, 0.15) is 46.2 Å². The lowest BCUT2D eigenvalue weighted by Gasteiger charge is -2.12. The molecule has 0 saturated heterocycles. The number of amides is 2. The fourth-order valence-corrected chi connectivity index (χ4v) is 2.80. The number of hydrogen-bond acceptors (Lipinski definition) is 4. The number of nitrogens with one attached hydrogen (secondary N) is 2. The molecule has 7 heteroatoms. The lowest BCUT2D eigenvalue weighted by atomic mass is 10.1. The van der Waals surface area contributed by atoms with E-state index in [-0.39, 0.29) is 17.7 Å². The van der Waals surface area contributed by atoms with E-state index in [0.29, 0.717) is 22.6 Å². The van der Waals surface area contributed by atoms with Crippen molar-refractivity contribution in [2.75, 3.05) is 12.4 Å². The summed E-state index contributed by atoms with van der Waals surface area (Å²) in [6.45, 7) is 4.01. The molecule has 0 unspecified atom stereocenters. The monoisotopic (exact) mass is 363 g/mol. The first-order valence-corrected chi connectivity index (χ1v) is 8.64. The second kappa shape index (κ2) is 7.82. The number of carbonyl (C=O) groups is 2. The Bertz CT molecular complexity index is 946. The maximum absolute atomic E-state index is 12.8. The fraction of sp³-hybridized carbons (Fsp3) is 0.200. The van der Waals surface area contributed by atoms with Crippen molar-refractivity contribution in [2.45, 2.75) is 19.8 Å². The van der Waals surface area contributed by atoms with Crippen molar-refractivity contribution >= 4 is 17.5 Å². The van der Waals surface area contributed by atoms with Crippen LogP contribution in [0.15, 0.2) is 54.9 Å². The lowest BCUT2D eigenvalue weighted by molar-refractivity contribution is 0.0962. The van der Waals surface area contributed by atoms with Crippen molar-refractivity contribution in [3.63, 3.8) is 0 Å². The molecule has 2 N–H and O–H groups in total. The average Bonchev–Trinajstić information content (AvgIpc) is 3.14. The summed E-state index contributed by atoms with van der Waals surface area (Å²) in [6.07, 6.45) is 3.24. The summed E-state index contributed by atoms with van der Waals surface area (Å²) < 4.78 is 1.69. The summed E-state index contributed by atoms with van der Waals surface area (Å²) in [6, 6.07) is 12.3. The number of anilines is 1. The van der Waals surface area contributed by atoms with Gasteiger partial charge in [-0.2, -0.15) is 5.10 Å². The zero-order valence-electron chi connectivity index (χ0n) is 15.4. The van der Waals surface area contributed by atoms with Gasteiger partial charge in [-0.1, -0.05) is 19.9 Å². The normalized spacial score (nSPS) is 10.7. The molecule has 3 aromatic rings. The van der Waals surface area contributed by atoms with E-state index in [1.165, 1.54) is 0 Å². The molecule has 27 heavy (non-hydrogen) atoms. The molecule has 0 aliphatic rings. The zero-order chi connectivity index (χ0) is 19.4. The molecule has 0 radical (unpaired) electrons. The van der Waals surface area contributed by atoms with Gasteiger partial charge >= 0.3 is 0 Å². The minimum absolute atomic E-state index is 0.0749. The Morgan fingerprint density at radius 3 is 2.37 bits per heavy atom. The molecule has 0 saturated carbocycles. The van der Waals surface area contributed by atoms with E-state index in [2.05, 4.69) is 20.7 Å². The van der Waals surface area contributed by atoms with E-state index < -0.39 is 0 Å². The van der Waals surface area contributed by atoms with Gasteiger partial charge in [-0.3, -0.25) is 9.59 Å². The Labute approximate surface area is 157 Å². The first kappa shape index (κ1) is 18.3. The summed E-state index contributed by atoms with van der Waals surface area (Å²) in [4.78, 5) is 28.7. The quantitative estimate of drug-likeness (QED) is 0.729. The molecule has 2 heterocycles. The van der Waals surface area contributed by atoms with Gasteiger partial charge in [0.25, 0.3) is 11.8 Å². The van der Waals surface area contributed by atoms with Crippen LogP contribution in [0, 0.1) is 0 Å². The van der Waals surface area contributed by atoms with Gasteiger partial charge in [0, 0.05) is 24.5 Å². The average molecular weight is 363 g/mol. The summed E-state index contributed by atoms with van der Waals surface area (Å²) >= 11 is 0. The van der Waals surface area contributed by atoms with E-state index in [9.17, 15) is 9.59 Å². The fourth-order valence-electron chi connectivity index (χ4n) is 2.80. The smallest absolute Gasteiger partial charge is 0.259 e. The van der Waals surface area contributed by atoms with E-state index >= 15 is 0 Å². The largest absolute Gasteiger partial charge is 0.355 e. The van der Waals surface area contributed by atoms with Crippen molar-refractivity contribution in [1.82, 2.24) is 20.1 Å². The highest BCUT2D eigenvalue weighted by Crippen LogP contribution is 2.23. The highest BCUT2D eigenvalue weighted by atomic mass is 16.2. The van der Waals surface area contributed by atoms with Crippen LogP contribution in [0.5, 0.6) is 0 Å². The molecular weight excluding hydrogens is 342 g/mol. The van der Waals surface area contributed by atoms with Crippen LogP contribution >= 0.6 is 0 Å². The molecule has 7 nitrogen and oxygen atoms in total. The predicted molar refractivity (Wildman–Crippen MR) is 103 cm³/mol. The van der Waals surface area contributed by atoms with E-state index in [1.807, 2.05) is 32.0 Å². The Morgan fingerprint density at radius 1 is 1.04 bits per heavy atom. The molecule has 3 rings (SSSR count). The molecular formula is C20H21N5O2. The van der Waals surface area contributed by atoms with Crippen molar-refractivity contribution in [2.24, 2.45) is 0 Å². The molecule has 0 aliphatic carbocycles. The van der Waals surface area contributed by atoms with Crippen LogP contribution in [0.4, 0.5) is 5.69 Å². The molecule has 1 aromatic carbocycles. The minimum Gasteiger partial charge on any atom is -0.355 e. The van der Waals surface area contributed by atoms with Crippen molar-refractivity contribution in [3.05, 3.63) is 71.7 Å².